The maximum Gasteiger partial charge on any atom is 0.211 e. The molecule has 0 bridgehead atoms. The molecule has 1 aliphatic heterocycles. The lowest BCUT2D eigenvalue weighted by Crippen LogP contribution is -2.40. The molecule has 1 aromatic rings. The van der Waals surface area contributed by atoms with Crippen molar-refractivity contribution in [3.05, 3.63) is 34.9 Å². The van der Waals surface area contributed by atoms with Gasteiger partial charge in [0.15, 0.2) is 0 Å². The second-order valence-corrected chi connectivity index (χ2v) is 7.88. The minimum absolute atomic E-state index is 0.145. The Balaban J connectivity index is 2.01. The highest BCUT2D eigenvalue weighted by molar-refractivity contribution is 7.88. The van der Waals surface area contributed by atoms with Crippen molar-refractivity contribution in [2.24, 2.45) is 11.7 Å². The van der Waals surface area contributed by atoms with Crippen molar-refractivity contribution in [1.82, 2.24) is 4.31 Å². The Bertz CT molecular complexity index is 562. The van der Waals surface area contributed by atoms with Crippen molar-refractivity contribution in [3.8, 4) is 0 Å². The van der Waals surface area contributed by atoms with Gasteiger partial charge in [-0.3, -0.25) is 0 Å². The van der Waals surface area contributed by atoms with Crippen LogP contribution in [0.5, 0.6) is 0 Å². The van der Waals surface area contributed by atoms with E-state index in [0.717, 1.165) is 24.8 Å². The molecule has 20 heavy (non-hydrogen) atoms. The summed E-state index contributed by atoms with van der Waals surface area (Å²) >= 11 is 6.15. The van der Waals surface area contributed by atoms with Crippen LogP contribution in [0.2, 0.25) is 5.02 Å². The average Bonchev–Trinajstić information content (AvgIpc) is 2.38. The number of benzene rings is 1. The third kappa shape index (κ3) is 3.95. The van der Waals surface area contributed by atoms with Crippen LogP contribution >= 0.6 is 11.6 Å². The highest BCUT2D eigenvalue weighted by Crippen LogP contribution is 2.30. The zero-order valence-corrected chi connectivity index (χ0v) is 13.2. The first-order valence-electron chi connectivity index (χ1n) is 6.83. The average molecular weight is 317 g/mol. The Labute approximate surface area is 126 Å². The molecule has 2 atom stereocenters. The molecule has 0 spiro atoms. The molecule has 0 amide bonds. The molecule has 112 valence electrons. The summed E-state index contributed by atoms with van der Waals surface area (Å²) in [4.78, 5) is 0. The van der Waals surface area contributed by atoms with Gasteiger partial charge in [0.25, 0.3) is 0 Å². The molecule has 1 aliphatic rings. The lowest BCUT2D eigenvalue weighted by Gasteiger charge is -2.32. The summed E-state index contributed by atoms with van der Waals surface area (Å²) < 4.78 is 24.8. The summed E-state index contributed by atoms with van der Waals surface area (Å²) in [5.41, 5.74) is 7.16. The normalized spacial score (nSPS) is 22.6. The third-order valence-electron chi connectivity index (χ3n) is 3.84. The molecular weight excluding hydrogens is 296 g/mol. The van der Waals surface area contributed by atoms with E-state index in [-0.39, 0.29) is 6.04 Å². The number of hydrogen-bond acceptors (Lipinski definition) is 3. The monoisotopic (exact) mass is 316 g/mol. The van der Waals surface area contributed by atoms with Gasteiger partial charge in [-0.25, -0.2) is 12.7 Å². The summed E-state index contributed by atoms with van der Waals surface area (Å²) in [6.07, 6.45) is 3.94. The van der Waals surface area contributed by atoms with Crippen LogP contribution in [0.3, 0.4) is 0 Å². The summed E-state index contributed by atoms with van der Waals surface area (Å²) in [5, 5.41) is 0.677. The van der Waals surface area contributed by atoms with Gasteiger partial charge in [-0.2, -0.15) is 0 Å². The summed E-state index contributed by atoms with van der Waals surface area (Å²) in [7, 11) is -3.10. The van der Waals surface area contributed by atoms with Crippen LogP contribution in [0, 0.1) is 5.92 Å². The van der Waals surface area contributed by atoms with E-state index < -0.39 is 10.0 Å². The van der Waals surface area contributed by atoms with Crippen LogP contribution in [0.15, 0.2) is 24.3 Å². The van der Waals surface area contributed by atoms with Crippen molar-refractivity contribution < 1.29 is 8.42 Å². The van der Waals surface area contributed by atoms with Crippen molar-refractivity contribution in [2.45, 2.75) is 25.3 Å². The van der Waals surface area contributed by atoms with Gasteiger partial charge in [-0.05, 0) is 36.8 Å². The summed E-state index contributed by atoms with van der Waals surface area (Å²) in [6, 6.07) is 7.42. The molecule has 4 nitrogen and oxygen atoms in total. The molecular formula is C14H21ClN2O2S. The molecule has 2 unspecified atom stereocenters. The van der Waals surface area contributed by atoms with Crippen molar-refractivity contribution in [3.63, 3.8) is 0 Å². The van der Waals surface area contributed by atoms with Gasteiger partial charge in [0.1, 0.15) is 0 Å². The highest BCUT2D eigenvalue weighted by Gasteiger charge is 2.27. The Morgan fingerprint density at radius 2 is 2.15 bits per heavy atom. The highest BCUT2D eigenvalue weighted by atomic mass is 35.5. The Morgan fingerprint density at radius 1 is 1.45 bits per heavy atom. The van der Waals surface area contributed by atoms with E-state index in [1.54, 1.807) is 4.31 Å². The lowest BCUT2D eigenvalue weighted by molar-refractivity contribution is 0.247. The van der Waals surface area contributed by atoms with Crippen molar-refractivity contribution in [1.29, 1.82) is 0 Å². The molecule has 2 rings (SSSR count). The van der Waals surface area contributed by atoms with E-state index in [0.29, 0.717) is 24.0 Å². The predicted octanol–water partition coefficient (Wildman–Crippen LogP) is 2.40. The third-order valence-corrected chi connectivity index (χ3v) is 5.46. The number of nitrogens with two attached hydrogens (primary N) is 1. The van der Waals surface area contributed by atoms with Crippen LogP contribution in [0.25, 0.3) is 0 Å². The van der Waals surface area contributed by atoms with Crippen LogP contribution in [-0.4, -0.2) is 32.1 Å². The van der Waals surface area contributed by atoms with Gasteiger partial charge < -0.3 is 5.73 Å². The molecule has 0 saturated carbocycles. The lowest BCUT2D eigenvalue weighted by atomic mass is 9.90. The second-order valence-electron chi connectivity index (χ2n) is 5.49. The van der Waals surface area contributed by atoms with E-state index in [2.05, 4.69) is 0 Å². The Morgan fingerprint density at radius 3 is 2.80 bits per heavy atom. The fourth-order valence-electron chi connectivity index (χ4n) is 2.78. The van der Waals surface area contributed by atoms with Gasteiger partial charge >= 0.3 is 0 Å². The second kappa shape index (κ2) is 6.43. The molecule has 1 aromatic carbocycles. The minimum Gasteiger partial charge on any atom is -0.324 e. The Hall–Kier alpha value is -0.620. The first-order chi connectivity index (χ1) is 9.38. The smallest absolute Gasteiger partial charge is 0.211 e. The van der Waals surface area contributed by atoms with Crippen LogP contribution in [-0.2, 0) is 10.0 Å². The molecule has 1 heterocycles. The van der Waals surface area contributed by atoms with Gasteiger partial charge in [0.05, 0.1) is 6.26 Å². The molecule has 0 radical (unpaired) electrons. The van der Waals surface area contributed by atoms with E-state index in [4.69, 9.17) is 17.3 Å². The molecule has 6 heteroatoms. The van der Waals surface area contributed by atoms with Gasteiger partial charge in [0.2, 0.25) is 10.0 Å². The number of nitrogens with zero attached hydrogens (tertiary/aromatic N) is 1. The van der Waals surface area contributed by atoms with E-state index >= 15 is 0 Å². The SMILES string of the molecule is CS(=O)(=O)N1CCCC(CC(N)c2ccccc2Cl)C1. The number of rotatable bonds is 4. The predicted molar refractivity (Wildman–Crippen MR) is 82.1 cm³/mol. The quantitative estimate of drug-likeness (QED) is 0.927. The zero-order chi connectivity index (χ0) is 14.8. The maximum atomic E-state index is 11.6. The number of sulfonamides is 1. The van der Waals surface area contributed by atoms with Crippen LogP contribution in [0.4, 0.5) is 0 Å². The van der Waals surface area contributed by atoms with E-state index in [1.807, 2.05) is 24.3 Å². The zero-order valence-electron chi connectivity index (χ0n) is 11.6. The molecule has 1 saturated heterocycles. The van der Waals surface area contributed by atoms with E-state index in [1.165, 1.54) is 6.26 Å². The molecule has 0 aliphatic carbocycles. The Kier molecular flexibility index (Phi) is 5.07. The largest absolute Gasteiger partial charge is 0.324 e. The number of hydrogen-bond donors (Lipinski definition) is 1. The van der Waals surface area contributed by atoms with Gasteiger partial charge in [0, 0.05) is 24.2 Å². The first-order valence-corrected chi connectivity index (χ1v) is 9.05. The van der Waals surface area contributed by atoms with Crippen molar-refractivity contribution >= 4 is 21.6 Å². The standard InChI is InChI=1S/C14H21ClN2O2S/c1-20(18,19)17-8-4-5-11(10-17)9-14(16)12-6-2-3-7-13(12)15/h2-3,6-7,11,14H,4-5,8-10,16H2,1H3. The molecule has 2 N–H and O–H groups in total. The fraction of sp³-hybridized carbons (Fsp3) is 0.571. The topological polar surface area (TPSA) is 63.4 Å². The molecule has 1 fully saturated rings. The molecule has 0 aromatic heterocycles. The van der Waals surface area contributed by atoms with Crippen LogP contribution in [0.1, 0.15) is 30.9 Å². The summed E-state index contributed by atoms with van der Waals surface area (Å²) in [5.74, 6) is 0.296. The van der Waals surface area contributed by atoms with Gasteiger partial charge in [-0.15, -0.1) is 0 Å². The van der Waals surface area contributed by atoms with Crippen LogP contribution < -0.4 is 5.73 Å². The fourth-order valence-corrected chi connectivity index (χ4v) is 4.00. The number of piperidine rings is 1. The summed E-state index contributed by atoms with van der Waals surface area (Å²) in [6.45, 7) is 1.19. The first kappa shape index (κ1) is 15.8. The van der Waals surface area contributed by atoms with Gasteiger partial charge in [-0.1, -0.05) is 29.8 Å². The minimum atomic E-state index is -3.10. The van der Waals surface area contributed by atoms with E-state index in [9.17, 15) is 8.42 Å². The number of halogens is 1. The van der Waals surface area contributed by atoms with Crippen molar-refractivity contribution in [2.75, 3.05) is 19.3 Å². The maximum absolute atomic E-state index is 11.6.